The highest BCUT2D eigenvalue weighted by Crippen LogP contribution is 2.36. The molecule has 2 aromatic rings. The zero-order chi connectivity index (χ0) is 12.4. The Morgan fingerprint density at radius 3 is 2.88 bits per heavy atom. The van der Waals surface area contributed by atoms with Gasteiger partial charge in [-0.25, -0.2) is 4.39 Å². The fourth-order valence-electron chi connectivity index (χ4n) is 1.75. The molecular weight excluding hydrogens is 223 g/mol. The molecule has 1 aromatic carbocycles. The van der Waals surface area contributed by atoms with Crippen molar-refractivity contribution in [3.8, 4) is 17.1 Å². The van der Waals surface area contributed by atoms with Gasteiger partial charge in [0.25, 0.3) is 0 Å². The number of rotatable bonds is 3. The lowest BCUT2D eigenvalue weighted by molar-refractivity contribution is 0.402. The van der Waals surface area contributed by atoms with Crippen molar-refractivity contribution >= 4 is 5.82 Å². The third kappa shape index (κ3) is 1.84. The number of nitrogens with two attached hydrogens (primary N) is 1. The summed E-state index contributed by atoms with van der Waals surface area (Å²) in [5.74, 6) is 0.596. The van der Waals surface area contributed by atoms with Gasteiger partial charge < -0.3 is 15.0 Å². The van der Waals surface area contributed by atoms with Crippen molar-refractivity contribution in [1.29, 1.82) is 0 Å². The number of hydrogen-bond donors (Lipinski definition) is 1. The lowest BCUT2D eigenvalue weighted by Gasteiger charge is -2.07. The summed E-state index contributed by atoms with van der Waals surface area (Å²) in [6.07, 6.45) is 0.613. The van der Waals surface area contributed by atoms with Crippen LogP contribution in [0.15, 0.2) is 22.7 Å². The van der Waals surface area contributed by atoms with Crippen LogP contribution in [0.25, 0.3) is 11.3 Å². The summed E-state index contributed by atoms with van der Waals surface area (Å²) < 4.78 is 24.1. The Morgan fingerprint density at radius 1 is 1.47 bits per heavy atom. The molecule has 0 unspecified atom stereocenters. The minimum atomic E-state index is -0.421. The molecule has 2 N–H and O–H groups in total. The summed E-state index contributed by atoms with van der Waals surface area (Å²) in [6.45, 7) is 1.90. The second kappa shape index (κ2) is 4.45. The van der Waals surface area contributed by atoms with Gasteiger partial charge in [0.15, 0.2) is 11.6 Å². The molecule has 0 spiro atoms. The molecule has 0 aliphatic carbocycles. The van der Waals surface area contributed by atoms with Crippen LogP contribution in [0.1, 0.15) is 12.5 Å². The molecule has 0 atom stereocenters. The van der Waals surface area contributed by atoms with Crippen molar-refractivity contribution in [2.75, 3.05) is 12.8 Å². The first-order valence-electron chi connectivity index (χ1n) is 5.26. The Kier molecular flexibility index (Phi) is 2.99. The molecule has 0 aliphatic rings. The van der Waals surface area contributed by atoms with E-state index in [1.807, 2.05) is 6.92 Å². The predicted octanol–water partition coefficient (Wildman–Crippen LogP) is 2.63. The number of nitrogen functional groups attached to an aromatic ring is 1. The fourth-order valence-corrected chi connectivity index (χ4v) is 1.75. The molecule has 0 radical (unpaired) electrons. The second-order valence-corrected chi connectivity index (χ2v) is 3.55. The molecule has 0 aliphatic heterocycles. The highest BCUT2D eigenvalue weighted by Gasteiger charge is 2.21. The highest BCUT2D eigenvalue weighted by molar-refractivity contribution is 5.72. The van der Waals surface area contributed by atoms with Gasteiger partial charge in [-0.1, -0.05) is 18.1 Å². The molecule has 0 saturated carbocycles. The van der Waals surface area contributed by atoms with Gasteiger partial charge in [-0.15, -0.1) is 0 Å². The van der Waals surface area contributed by atoms with E-state index in [-0.39, 0.29) is 11.4 Å². The van der Waals surface area contributed by atoms with Crippen LogP contribution in [-0.2, 0) is 6.42 Å². The maximum absolute atomic E-state index is 13.8. The summed E-state index contributed by atoms with van der Waals surface area (Å²) in [5, 5.41) is 3.66. The first-order valence-corrected chi connectivity index (χ1v) is 5.26. The van der Waals surface area contributed by atoms with Crippen LogP contribution in [0.5, 0.6) is 5.75 Å². The quantitative estimate of drug-likeness (QED) is 0.889. The molecule has 2 rings (SSSR count). The molecule has 17 heavy (non-hydrogen) atoms. The molecule has 5 heteroatoms. The lowest BCUT2D eigenvalue weighted by Crippen LogP contribution is -1.94. The average Bonchev–Trinajstić information content (AvgIpc) is 2.69. The van der Waals surface area contributed by atoms with Crippen LogP contribution >= 0.6 is 0 Å². The zero-order valence-corrected chi connectivity index (χ0v) is 9.66. The summed E-state index contributed by atoms with van der Waals surface area (Å²) in [5.41, 5.74) is 6.61. The van der Waals surface area contributed by atoms with Crippen LogP contribution in [0, 0.1) is 5.82 Å². The Hall–Kier alpha value is -2.04. The van der Waals surface area contributed by atoms with Gasteiger partial charge in [0.1, 0.15) is 11.6 Å². The molecular formula is C12H13FN2O2. The fraction of sp³-hybridized carbons (Fsp3) is 0.250. The summed E-state index contributed by atoms with van der Waals surface area (Å²) in [6, 6.07) is 4.58. The SMILES string of the molecule is CCc1c(N)noc1-c1c(F)cccc1OC. The first-order chi connectivity index (χ1) is 8.19. The average molecular weight is 236 g/mol. The maximum atomic E-state index is 13.8. The summed E-state index contributed by atoms with van der Waals surface area (Å²) in [7, 11) is 1.48. The molecule has 0 saturated heterocycles. The van der Waals surface area contributed by atoms with Gasteiger partial charge in [-0.3, -0.25) is 0 Å². The van der Waals surface area contributed by atoms with Crippen molar-refractivity contribution in [1.82, 2.24) is 5.16 Å². The van der Waals surface area contributed by atoms with E-state index in [0.717, 1.165) is 0 Å². The molecule has 4 nitrogen and oxygen atoms in total. The summed E-state index contributed by atoms with van der Waals surface area (Å²) >= 11 is 0. The number of benzene rings is 1. The first kappa shape index (κ1) is 11.4. The van der Waals surface area contributed by atoms with Gasteiger partial charge in [0, 0.05) is 5.56 Å². The maximum Gasteiger partial charge on any atom is 0.178 e. The van der Waals surface area contributed by atoms with Gasteiger partial charge in [-0.2, -0.15) is 0 Å². The van der Waals surface area contributed by atoms with E-state index in [4.69, 9.17) is 15.0 Å². The Bertz CT molecular complexity index is 537. The molecule has 90 valence electrons. The van der Waals surface area contributed by atoms with Crippen LogP contribution < -0.4 is 10.5 Å². The smallest absolute Gasteiger partial charge is 0.178 e. The van der Waals surface area contributed by atoms with Crippen LogP contribution in [-0.4, -0.2) is 12.3 Å². The number of anilines is 1. The Labute approximate surface area is 98.2 Å². The van der Waals surface area contributed by atoms with E-state index >= 15 is 0 Å². The van der Waals surface area contributed by atoms with Crippen molar-refractivity contribution in [2.45, 2.75) is 13.3 Å². The number of hydrogen-bond acceptors (Lipinski definition) is 4. The minimum Gasteiger partial charge on any atom is -0.496 e. The van der Waals surface area contributed by atoms with Gasteiger partial charge >= 0.3 is 0 Å². The largest absolute Gasteiger partial charge is 0.496 e. The third-order valence-corrected chi connectivity index (χ3v) is 2.59. The van der Waals surface area contributed by atoms with Crippen LogP contribution in [0.4, 0.5) is 10.2 Å². The second-order valence-electron chi connectivity index (χ2n) is 3.55. The number of halogens is 1. The standard InChI is InChI=1S/C12H13FN2O2/c1-3-7-11(17-15-12(7)14)10-8(13)5-4-6-9(10)16-2/h4-6H,3H2,1-2H3,(H2,14,15). The third-order valence-electron chi connectivity index (χ3n) is 2.59. The van der Waals surface area contributed by atoms with E-state index in [1.165, 1.54) is 13.2 Å². The van der Waals surface area contributed by atoms with E-state index < -0.39 is 5.82 Å². The Balaban J connectivity index is 2.67. The van der Waals surface area contributed by atoms with Gasteiger partial charge in [0.05, 0.1) is 12.7 Å². The minimum absolute atomic E-state index is 0.260. The molecule has 1 aromatic heterocycles. The van der Waals surface area contributed by atoms with Crippen molar-refractivity contribution < 1.29 is 13.7 Å². The van der Waals surface area contributed by atoms with Crippen molar-refractivity contribution in [2.24, 2.45) is 0 Å². The molecule has 0 amide bonds. The van der Waals surface area contributed by atoms with Gasteiger partial charge in [-0.05, 0) is 18.6 Å². The van der Waals surface area contributed by atoms with Crippen LogP contribution in [0.2, 0.25) is 0 Å². The predicted molar refractivity (Wildman–Crippen MR) is 62.2 cm³/mol. The van der Waals surface area contributed by atoms with Gasteiger partial charge in [0.2, 0.25) is 0 Å². The highest BCUT2D eigenvalue weighted by atomic mass is 19.1. The van der Waals surface area contributed by atoms with Crippen molar-refractivity contribution in [3.05, 3.63) is 29.6 Å². The number of methoxy groups -OCH3 is 1. The zero-order valence-electron chi connectivity index (χ0n) is 9.66. The summed E-state index contributed by atoms with van der Waals surface area (Å²) in [4.78, 5) is 0. The van der Waals surface area contributed by atoms with E-state index in [0.29, 0.717) is 23.5 Å². The van der Waals surface area contributed by atoms with Crippen LogP contribution in [0.3, 0.4) is 0 Å². The molecule has 1 heterocycles. The topological polar surface area (TPSA) is 61.3 Å². The van der Waals surface area contributed by atoms with E-state index in [2.05, 4.69) is 5.16 Å². The molecule has 0 bridgehead atoms. The number of ether oxygens (including phenoxy) is 1. The molecule has 0 fully saturated rings. The monoisotopic (exact) mass is 236 g/mol. The van der Waals surface area contributed by atoms with Crippen molar-refractivity contribution in [3.63, 3.8) is 0 Å². The Morgan fingerprint density at radius 2 is 2.24 bits per heavy atom. The lowest BCUT2D eigenvalue weighted by atomic mass is 10.1. The normalized spacial score (nSPS) is 10.5. The van der Waals surface area contributed by atoms with E-state index in [9.17, 15) is 4.39 Å². The number of nitrogens with zero attached hydrogens (tertiary/aromatic N) is 1. The van der Waals surface area contributed by atoms with E-state index in [1.54, 1.807) is 12.1 Å². The number of aromatic nitrogens is 1.